The maximum atomic E-state index is 12.1. The van der Waals surface area contributed by atoms with Gasteiger partial charge in [0, 0.05) is 29.8 Å². The molecule has 0 unspecified atom stereocenters. The molecule has 2 heterocycles. The Hall–Kier alpha value is -2.57. The summed E-state index contributed by atoms with van der Waals surface area (Å²) in [5.74, 6) is 0. The summed E-state index contributed by atoms with van der Waals surface area (Å²) in [6.07, 6.45) is 0. The van der Waals surface area contributed by atoms with E-state index in [1.54, 1.807) is 6.07 Å². The summed E-state index contributed by atoms with van der Waals surface area (Å²) >= 11 is 0. The van der Waals surface area contributed by atoms with Gasteiger partial charge in [-0.2, -0.15) is 0 Å². The van der Waals surface area contributed by atoms with Crippen molar-refractivity contribution in [2.75, 3.05) is 11.9 Å². The van der Waals surface area contributed by atoms with Crippen LogP contribution in [0.1, 0.15) is 9.68 Å². The Balaban J connectivity index is 2.38. The second kappa shape index (κ2) is 3.71. The van der Waals surface area contributed by atoms with Gasteiger partial charge in [0.25, 0.3) is 11.2 Å². The molecule has 3 rings (SSSR count). The number of nitro benzene ring substituents is 1. The molecular weight excluding hydrogens is 248 g/mol. The molecule has 98 valence electrons. The van der Waals surface area contributed by atoms with E-state index in [4.69, 9.17) is 4.11 Å². The Bertz CT molecular complexity index is 837. The molecule has 0 radical (unpaired) electrons. The number of H-pyrrole nitrogens is 1. The van der Waals surface area contributed by atoms with Crippen LogP contribution in [-0.2, 0) is 13.6 Å². The average molecular weight is 263 g/mol. The minimum Gasteiger partial charge on any atom is -0.364 e. The van der Waals surface area contributed by atoms with Gasteiger partial charge < -0.3 is 4.90 Å². The largest absolute Gasteiger partial charge is 0.364 e. The standard InChI is InChI=1S/C12H12N4O3/c1-14-6-8-10(13-15(2)12(8)17)7-4-3-5-9(11(7)14)16(18)19/h3-5,13H,6H2,1-2H3/i1D3. The van der Waals surface area contributed by atoms with E-state index in [2.05, 4.69) is 5.10 Å². The molecule has 1 aromatic heterocycles. The van der Waals surface area contributed by atoms with Gasteiger partial charge in [-0.3, -0.25) is 24.7 Å². The van der Waals surface area contributed by atoms with Crippen molar-refractivity contribution >= 4 is 11.4 Å². The fraction of sp³-hybridized carbons (Fsp3) is 0.250. The number of nitro groups is 1. The molecule has 1 N–H and O–H groups in total. The second-order valence-corrected chi connectivity index (χ2v) is 4.35. The molecule has 0 fully saturated rings. The predicted molar refractivity (Wildman–Crippen MR) is 70.2 cm³/mol. The normalized spacial score (nSPS) is 16.1. The lowest BCUT2D eigenvalue weighted by molar-refractivity contribution is -0.384. The summed E-state index contributed by atoms with van der Waals surface area (Å²) in [6, 6.07) is 4.29. The molecule has 0 saturated heterocycles. The Morgan fingerprint density at radius 1 is 1.53 bits per heavy atom. The summed E-state index contributed by atoms with van der Waals surface area (Å²) in [7, 11) is 1.51. The van der Waals surface area contributed by atoms with Crippen LogP contribution in [0.5, 0.6) is 0 Å². The zero-order chi connectivity index (χ0) is 16.2. The molecule has 7 heteroatoms. The second-order valence-electron chi connectivity index (χ2n) is 4.35. The van der Waals surface area contributed by atoms with Crippen molar-refractivity contribution in [3.05, 3.63) is 44.2 Å². The van der Waals surface area contributed by atoms with Gasteiger partial charge in [0.15, 0.2) is 0 Å². The van der Waals surface area contributed by atoms with E-state index in [-0.39, 0.29) is 29.0 Å². The Morgan fingerprint density at radius 3 is 3.00 bits per heavy atom. The van der Waals surface area contributed by atoms with Crippen molar-refractivity contribution in [3.8, 4) is 11.3 Å². The SMILES string of the molecule is [2H]C([2H])([2H])N1Cc2c([nH]n(C)c2=O)-c2cccc([N+](=O)[O-])c21. The molecule has 0 aliphatic carbocycles. The van der Waals surface area contributed by atoms with Gasteiger partial charge in [-0.25, -0.2) is 0 Å². The summed E-state index contributed by atoms with van der Waals surface area (Å²) in [6.45, 7) is -2.80. The van der Waals surface area contributed by atoms with Crippen molar-refractivity contribution in [3.63, 3.8) is 0 Å². The number of nitrogens with one attached hydrogen (secondary N) is 1. The van der Waals surface area contributed by atoms with Gasteiger partial charge in [0.05, 0.1) is 22.7 Å². The molecule has 7 nitrogen and oxygen atoms in total. The van der Waals surface area contributed by atoms with Crippen molar-refractivity contribution in [2.45, 2.75) is 6.54 Å². The highest BCUT2D eigenvalue weighted by molar-refractivity contribution is 5.87. The molecule has 1 aromatic carbocycles. The molecule has 1 aliphatic heterocycles. The Kier molecular flexibility index (Phi) is 1.66. The molecule has 2 aromatic rings. The first-order valence-corrected chi connectivity index (χ1v) is 5.55. The van der Waals surface area contributed by atoms with Crippen molar-refractivity contribution in [2.24, 2.45) is 7.05 Å². The van der Waals surface area contributed by atoms with Crippen molar-refractivity contribution < 1.29 is 9.04 Å². The van der Waals surface area contributed by atoms with Gasteiger partial charge >= 0.3 is 0 Å². The summed E-state index contributed by atoms with van der Waals surface area (Å²) in [4.78, 5) is 23.7. The van der Waals surface area contributed by atoms with Gasteiger partial charge in [-0.15, -0.1) is 0 Å². The maximum absolute atomic E-state index is 12.1. The van der Waals surface area contributed by atoms with Crippen LogP contribution in [0.25, 0.3) is 11.3 Å². The third-order valence-electron chi connectivity index (χ3n) is 3.21. The summed E-state index contributed by atoms with van der Waals surface area (Å²) in [5, 5.41) is 14.1. The lowest BCUT2D eigenvalue weighted by Gasteiger charge is -2.25. The number of nitrogens with zero attached hydrogens (tertiary/aromatic N) is 3. The topological polar surface area (TPSA) is 84.2 Å². The minimum atomic E-state index is -2.60. The molecule has 0 amide bonds. The predicted octanol–water partition coefficient (Wildman–Crippen LogP) is 1.24. The molecule has 0 atom stereocenters. The van der Waals surface area contributed by atoms with Crippen LogP contribution in [-0.4, -0.2) is 21.7 Å². The number of hydrogen-bond acceptors (Lipinski definition) is 4. The number of aromatic amines is 1. The van der Waals surface area contributed by atoms with Crippen LogP contribution in [0.3, 0.4) is 0 Å². The summed E-state index contributed by atoms with van der Waals surface area (Å²) in [5.41, 5.74) is 0.398. The first-order chi connectivity index (χ1) is 10.2. The molecular formula is C12H12N4O3. The molecule has 0 spiro atoms. The minimum absolute atomic E-state index is 0.00171. The van der Waals surface area contributed by atoms with E-state index in [0.717, 1.165) is 4.90 Å². The highest BCUT2D eigenvalue weighted by Crippen LogP contribution is 2.41. The average Bonchev–Trinajstić information content (AvgIpc) is 2.72. The number of para-hydroxylation sites is 1. The highest BCUT2D eigenvalue weighted by atomic mass is 16.6. The summed E-state index contributed by atoms with van der Waals surface area (Å²) < 4.78 is 24.1. The molecule has 19 heavy (non-hydrogen) atoms. The van der Waals surface area contributed by atoms with Crippen LogP contribution in [0.4, 0.5) is 11.4 Å². The number of aryl methyl sites for hydroxylation is 1. The number of anilines is 1. The van der Waals surface area contributed by atoms with Crippen LogP contribution >= 0.6 is 0 Å². The number of fused-ring (bicyclic) bond motifs is 3. The van der Waals surface area contributed by atoms with Crippen molar-refractivity contribution in [1.29, 1.82) is 0 Å². The molecule has 0 bridgehead atoms. The lowest BCUT2D eigenvalue weighted by atomic mass is 9.99. The van der Waals surface area contributed by atoms with Crippen LogP contribution < -0.4 is 10.5 Å². The zero-order valence-electron chi connectivity index (χ0n) is 13.0. The van der Waals surface area contributed by atoms with Gasteiger partial charge in [0.1, 0.15) is 5.69 Å². The first kappa shape index (κ1) is 8.52. The zero-order valence-corrected chi connectivity index (χ0v) is 10.0. The molecule has 0 saturated carbocycles. The first-order valence-electron chi connectivity index (χ1n) is 7.05. The molecule has 1 aliphatic rings. The van der Waals surface area contributed by atoms with Crippen LogP contribution in [0.15, 0.2) is 23.0 Å². The third-order valence-corrected chi connectivity index (χ3v) is 3.21. The van der Waals surface area contributed by atoms with Crippen LogP contribution in [0.2, 0.25) is 0 Å². The van der Waals surface area contributed by atoms with E-state index < -0.39 is 11.9 Å². The van der Waals surface area contributed by atoms with Crippen molar-refractivity contribution in [1.82, 2.24) is 9.78 Å². The van der Waals surface area contributed by atoms with E-state index >= 15 is 0 Å². The van der Waals surface area contributed by atoms with E-state index in [1.165, 1.54) is 23.9 Å². The van der Waals surface area contributed by atoms with Gasteiger partial charge in [-0.05, 0) is 0 Å². The van der Waals surface area contributed by atoms with E-state index in [0.29, 0.717) is 11.3 Å². The van der Waals surface area contributed by atoms with Gasteiger partial charge in [-0.1, -0.05) is 12.1 Å². The monoisotopic (exact) mass is 263 g/mol. The highest BCUT2D eigenvalue weighted by Gasteiger charge is 2.30. The fourth-order valence-corrected chi connectivity index (χ4v) is 2.37. The van der Waals surface area contributed by atoms with E-state index in [1.807, 2.05) is 0 Å². The number of aromatic nitrogens is 2. The van der Waals surface area contributed by atoms with Gasteiger partial charge in [0.2, 0.25) is 0 Å². The van der Waals surface area contributed by atoms with E-state index in [9.17, 15) is 14.9 Å². The number of rotatable bonds is 1. The quantitative estimate of drug-likeness (QED) is 0.619. The number of hydrogen-bond donors (Lipinski definition) is 1. The lowest BCUT2D eigenvalue weighted by Crippen LogP contribution is -2.26. The van der Waals surface area contributed by atoms with Crippen LogP contribution in [0, 0.1) is 10.1 Å². The smallest absolute Gasteiger partial charge is 0.293 e. The fourth-order valence-electron chi connectivity index (χ4n) is 2.37. The Labute approximate surface area is 112 Å². The third kappa shape index (κ3) is 1.48. The number of benzene rings is 1. The maximum Gasteiger partial charge on any atom is 0.293 e. The Morgan fingerprint density at radius 2 is 2.32 bits per heavy atom.